The maximum Gasteiger partial charge on any atom is 0.0718 e. The predicted octanol–water partition coefficient (Wildman–Crippen LogP) is 2.52. The van der Waals surface area contributed by atoms with E-state index in [0.29, 0.717) is 119 Å². The molecule has 0 saturated heterocycles. The van der Waals surface area contributed by atoms with Crippen LogP contribution in [0.25, 0.3) is 0 Å². The molecule has 35 heavy (non-hydrogen) atoms. The van der Waals surface area contributed by atoms with Crippen molar-refractivity contribution >= 4 is 0 Å². The summed E-state index contributed by atoms with van der Waals surface area (Å²) in [6, 6.07) is 10.1. The fourth-order valence-electron chi connectivity index (χ4n) is 2.59. The number of ether oxygens (including phenoxy) is 9. The Bertz CT molecular complexity index is 545. The van der Waals surface area contributed by atoms with Gasteiger partial charge in [0.05, 0.1) is 119 Å². The Hall–Kier alpha value is -1.40. The van der Waals surface area contributed by atoms with Crippen LogP contribution in [0.15, 0.2) is 43.0 Å². The Morgan fingerprint density at radius 3 is 1.09 bits per heavy atom. The minimum absolute atomic E-state index is 0.528. The van der Waals surface area contributed by atoms with Crippen LogP contribution in [0.4, 0.5) is 0 Å². The Kier molecular flexibility index (Phi) is 24.6. The topological polar surface area (TPSA) is 83.1 Å². The fourth-order valence-corrected chi connectivity index (χ4v) is 2.59. The number of hydrogen-bond acceptors (Lipinski definition) is 9. The van der Waals surface area contributed by atoms with E-state index >= 15 is 0 Å². The van der Waals surface area contributed by atoms with Gasteiger partial charge in [-0.15, -0.1) is 6.58 Å². The Balaban J connectivity index is 1.63. The van der Waals surface area contributed by atoms with Crippen LogP contribution in [-0.2, 0) is 49.2 Å². The van der Waals surface area contributed by atoms with Gasteiger partial charge < -0.3 is 42.6 Å². The third-order valence-corrected chi connectivity index (χ3v) is 4.32. The number of benzene rings is 1. The molecule has 1 rings (SSSR count). The van der Waals surface area contributed by atoms with Crippen molar-refractivity contribution < 1.29 is 42.6 Å². The second-order valence-electron chi connectivity index (χ2n) is 7.19. The SMILES string of the molecule is C=CCOCCOCCOCCOCCOCCOCCOCCOCCOCc1ccccc1. The van der Waals surface area contributed by atoms with Crippen LogP contribution in [0, 0.1) is 0 Å². The van der Waals surface area contributed by atoms with Gasteiger partial charge in [-0.3, -0.25) is 0 Å². The zero-order valence-electron chi connectivity index (χ0n) is 21.1. The molecule has 0 aliphatic heterocycles. The molecule has 0 bridgehead atoms. The van der Waals surface area contributed by atoms with Crippen LogP contribution in [-0.4, -0.2) is 112 Å². The van der Waals surface area contributed by atoms with Crippen molar-refractivity contribution in [3.8, 4) is 0 Å². The summed E-state index contributed by atoms with van der Waals surface area (Å²) in [5.74, 6) is 0. The molecule has 0 unspecified atom stereocenters. The standard InChI is InChI=1S/C26H44O9/c1-2-8-27-9-10-28-11-12-29-13-14-30-15-16-31-17-18-32-19-20-33-21-22-34-23-24-35-25-26-6-4-3-5-7-26/h2-7H,1,8-25H2. The first-order valence-electron chi connectivity index (χ1n) is 12.3. The Labute approximate surface area is 210 Å². The van der Waals surface area contributed by atoms with Gasteiger partial charge in [0, 0.05) is 0 Å². The molecular weight excluding hydrogens is 456 g/mol. The van der Waals surface area contributed by atoms with E-state index in [1.807, 2.05) is 30.3 Å². The van der Waals surface area contributed by atoms with Gasteiger partial charge in [0.1, 0.15) is 0 Å². The molecule has 0 atom stereocenters. The van der Waals surface area contributed by atoms with Gasteiger partial charge in [0.15, 0.2) is 0 Å². The molecule has 0 saturated carbocycles. The second-order valence-corrected chi connectivity index (χ2v) is 7.19. The van der Waals surface area contributed by atoms with E-state index in [4.69, 9.17) is 42.6 Å². The maximum atomic E-state index is 5.55. The molecule has 202 valence electrons. The smallest absolute Gasteiger partial charge is 0.0718 e. The summed E-state index contributed by atoms with van der Waals surface area (Å²) in [4.78, 5) is 0. The number of rotatable bonds is 28. The molecule has 1 aromatic carbocycles. The van der Waals surface area contributed by atoms with Crippen molar-refractivity contribution in [2.45, 2.75) is 6.61 Å². The molecular formula is C26H44O9. The van der Waals surface area contributed by atoms with Crippen molar-refractivity contribution in [1.29, 1.82) is 0 Å². The van der Waals surface area contributed by atoms with E-state index in [0.717, 1.165) is 5.56 Å². The largest absolute Gasteiger partial charge is 0.377 e. The quantitative estimate of drug-likeness (QED) is 0.127. The van der Waals surface area contributed by atoms with Crippen molar-refractivity contribution in [1.82, 2.24) is 0 Å². The molecule has 0 aliphatic carbocycles. The van der Waals surface area contributed by atoms with Gasteiger partial charge in [-0.1, -0.05) is 36.4 Å². The van der Waals surface area contributed by atoms with E-state index < -0.39 is 0 Å². The van der Waals surface area contributed by atoms with Gasteiger partial charge >= 0.3 is 0 Å². The van der Waals surface area contributed by atoms with Gasteiger partial charge in [0.2, 0.25) is 0 Å². The highest BCUT2D eigenvalue weighted by molar-refractivity contribution is 5.13. The Morgan fingerprint density at radius 2 is 0.743 bits per heavy atom. The first-order chi connectivity index (χ1) is 17.4. The van der Waals surface area contributed by atoms with E-state index in [9.17, 15) is 0 Å². The molecule has 0 N–H and O–H groups in total. The summed E-state index contributed by atoms with van der Waals surface area (Å²) in [7, 11) is 0. The normalized spacial score (nSPS) is 11.2. The molecule has 1 aromatic rings. The third kappa shape index (κ3) is 24.1. The van der Waals surface area contributed by atoms with E-state index in [-0.39, 0.29) is 0 Å². The first kappa shape index (κ1) is 31.6. The van der Waals surface area contributed by atoms with Crippen molar-refractivity contribution in [2.75, 3.05) is 112 Å². The minimum atomic E-state index is 0.528. The summed E-state index contributed by atoms with van der Waals surface area (Å²) in [5.41, 5.74) is 1.16. The summed E-state index contributed by atoms with van der Waals surface area (Å²) >= 11 is 0. The predicted molar refractivity (Wildman–Crippen MR) is 133 cm³/mol. The van der Waals surface area contributed by atoms with E-state index in [2.05, 4.69) is 6.58 Å². The molecule has 9 nitrogen and oxygen atoms in total. The molecule has 0 spiro atoms. The van der Waals surface area contributed by atoms with Crippen LogP contribution in [0.1, 0.15) is 5.56 Å². The third-order valence-electron chi connectivity index (χ3n) is 4.32. The van der Waals surface area contributed by atoms with E-state index in [1.54, 1.807) is 6.08 Å². The monoisotopic (exact) mass is 500 g/mol. The zero-order chi connectivity index (χ0) is 24.9. The average Bonchev–Trinajstić information content (AvgIpc) is 2.89. The van der Waals surface area contributed by atoms with Crippen molar-refractivity contribution in [2.24, 2.45) is 0 Å². The van der Waals surface area contributed by atoms with Crippen LogP contribution < -0.4 is 0 Å². The summed E-state index contributed by atoms with van der Waals surface area (Å²) in [6.07, 6.45) is 1.71. The lowest BCUT2D eigenvalue weighted by molar-refractivity contribution is -0.0250. The summed E-state index contributed by atoms with van der Waals surface area (Å²) in [6.45, 7) is 13.4. The summed E-state index contributed by atoms with van der Waals surface area (Å²) in [5, 5.41) is 0. The highest BCUT2D eigenvalue weighted by atomic mass is 16.6. The molecule has 0 amide bonds. The maximum absolute atomic E-state index is 5.55. The lowest BCUT2D eigenvalue weighted by Crippen LogP contribution is -2.15. The minimum Gasteiger partial charge on any atom is -0.377 e. The van der Waals surface area contributed by atoms with Crippen LogP contribution in [0.3, 0.4) is 0 Å². The fraction of sp³-hybridized carbons (Fsp3) is 0.692. The molecule has 0 aliphatic rings. The molecule has 9 heteroatoms. The zero-order valence-corrected chi connectivity index (χ0v) is 21.1. The molecule has 0 aromatic heterocycles. The lowest BCUT2D eigenvalue weighted by Gasteiger charge is -2.09. The molecule has 0 radical (unpaired) electrons. The first-order valence-corrected chi connectivity index (χ1v) is 12.3. The van der Waals surface area contributed by atoms with Crippen LogP contribution in [0.2, 0.25) is 0 Å². The summed E-state index contributed by atoms with van der Waals surface area (Å²) < 4.78 is 48.8. The van der Waals surface area contributed by atoms with Crippen molar-refractivity contribution in [3.63, 3.8) is 0 Å². The van der Waals surface area contributed by atoms with Gasteiger partial charge in [-0.25, -0.2) is 0 Å². The Morgan fingerprint density at radius 1 is 0.429 bits per heavy atom. The molecule has 0 fully saturated rings. The highest BCUT2D eigenvalue weighted by Gasteiger charge is 1.96. The van der Waals surface area contributed by atoms with Gasteiger partial charge in [-0.05, 0) is 5.56 Å². The van der Waals surface area contributed by atoms with Crippen LogP contribution in [0.5, 0.6) is 0 Å². The lowest BCUT2D eigenvalue weighted by atomic mass is 10.2. The van der Waals surface area contributed by atoms with Crippen LogP contribution >= 0.6 is 0 Å². The van der Waals surface area contributed by atoms with E-state index in [1.165, 1.54) is 0 Å². The highest BCUT2D eigenvalue weighted by Crippen LogP contribution is 2.00. The van der Waals surface area contributed by atoms with Gasteiger partial charge in [-0.2, -0.15) is 0 Å². The average molecular weight is 501 g/mol. The number of hydrogen-bond donors (Lipinski definition) is 0. The molecule has 0 heterocycles. The van der Waals surface area contributed by atoms with Crippen molar-refractivity contribution in [3.05, 3.63) is 48.6 Å². The van der Waals surface area contributed by atoms with Gasteiger partial charge in [0.25, 0.3) is 0 Å². The second kappa shape index (κ2) is 27.2.